The Hall–Kier alpha value is -3.64. The summed E-state index contributed by atoms with van der Waals surface area (Å²) < 4.78 is 53.7. The molecule has 1 saturated carbocycles. The Balaban J connectivity index is 1.44. The maximum absolute atomic E-state index is 12.8. The molecule has 38 heavy (non-hydrogen) atoms. The number of alkyl halides is 3. The Labute approximate surface area is 218 Å². The predicted molar refractivity (Wildman–Crippen MR) is 132 cm³/mol. The van der Waals surface area contributed by atoms with Gasteiger partial charge in [0.25, 0.3) is 5.91 Å². The molecule has 1 heterocycles. The molecule has 0 saturated heterocycles. The average molecular weight is 534 g/mol. The molecule has 1 aliphatic carbocycles. The largest absolute Gasteiger partial charge is 0.573 e. The Bertz CT molecular complexity index is 1200. The molecule has 0 radical (unpaired) electrons. The van der Waals surface area contributed by atoms with E-state index in [1.165, 1.54) is 24.3 Å². The molecule has 2 N–H and O–H groups in total. The van der Waals surface area contributed by atoms with Crippen molar-refractivity contribution in [2.24, 2.45) is 0 Å². The third-order valence-electron chi connectivity index (χ3n) is 5.84. The lowest BCUT2D eigenvalue weighted by Crippen LogP contribution is -2.27. The second-order valence-corrected chi connectivity index (χ2v) is 8.78. The van der Waals surface area contributed by atoms with Crippen LogP contribution in [0.25, 0.3) is 5.69 Å². The van der Waals surface area contributed by atoms with Crippen LogP contribution >= 0.6 is 0 Å². The van der Waals surface area contributed by atoms with E-state index >= 15 is 0 Å². The molecule has 0 bridgehead atoms. The fraction of sp³-hybridized carbons (Fsp3) is 0.423. The number of nitrogens with zero attached hydrogens (tertiary/aromatic N) is 3. The molecule has 12 heteroatoms. The van der Waals surface area contributed by atoms with E-state index in [1.54, 1.807) is 11.8 Å². The summed E-state index contributed by atoms with van der Waals surface area (Å²) in [7, 11) is 1.63. The molecule has 1 amide bonds. The molecule has 204 valence electrons. The second-order valence-electron chi connectivity index (χ2n) is 8.78. The first-order chi connectivity index (χ1) is 18.3. The van der Waals surface area contributed by atoms with Crippen LogP contribution in [-0.4, -0.2) is 53.6 Å². The van der Waals surface area contributed by atoms with Crippen LogP contribution in [0.3, 0.4) is 0 Å². The van der Waals surface area contributed by atoms with Gasteiger partial charge in [0.15, 0.2) is 5.69 Å². The Kier molecular flexibility index (Phi) is 8.85. The van der Waals surface area contributed by atoms with Gasteiger partial charge < -0.3 is 19.5 Å². The van der Waals surface area contributed by atoms with Crippen molar-refractivity contribution in [1.82, 2.24) is 25.6 Å². The van der Waals surface area contributed by atoms with Crippen LogP contribution in [0.15, 0.2) is 48.5 Å². The highest BCUT2D eigenvalue weighted by Crippen LogP contribution is 2.25. The summed E-state index contributed by atoms with van der Waals surface area (Å²) >= 11 is 0. The van der Waals surface area contributed by atoms with Crippen molar-refractivity contribution in [1.29, 1.82) is 0 Å². The second kappa shape index (κ2) is 12.3. The van der Waals surface area contributed by atoms with Gasteiger partial charge in [-0.15, -0.1) is 18.3 Å². The smallest absolute Gasteiger partial charge is 0.494 e. The summed E-state index contributed by atoms with van der Waals surface area (Å²) in [5, 5.41) is 14.6. The van der Waals surface area contributed by atoms with E-state index in [1.807, 2.05) is 31.2 Å². The first-order valence-electron chi connectivity index (χ1n) is 12.4. The number of ether oxygens (including phenoxy) is 3. The van der Waals surface area contributed by atoms with Gasteiger partial charge >= 0.3 is 6.36 Å². The normalized spacial score (nSPS) is 14.2. The van der Waals surface area contributed by atoms with Gasteiger partial charge in [-0.1, -0.05) is 24.3 Å². The lowest BCUT2D eigenvalue weighted by Gasteiger charge is -2.17. The van der Waals surface area contributed by atoms with Crippen molar-refractivity contribution < 1.29 is 32.2 Å². The van der Waals surface area contributed by atoms with Crippen LogP contribution in [-0.2, 0) is 11.2 Å². The summed E-state index contributed by atoms with van der Waals surface area (Å²) in [5.41, 5.74) is 2.60. The molecule has 1 aromatic heterocycles. The maximum Gasteiger partial charge on any atom is 0.573 e. The van der Waals surface area contributed by atoms with Gasteiger partial charge in [0.2, 0.25) is 0 Å². The number of nitrogens with one attached hydrogen (secondary N) is 2. The molecule has 0 aliphatic heterocycles. The molecule has 1 atom stereocenters. The van der Waals surface area contributed by atoms with Gasteiger partial charge in [0, 0.05) is 13.2 Å². The lowest BCUT2D eigenvalue weighted by molar-refractivity contribution is -0.274. The Morgan fingerprint density at radius 2 is 1.79 bits per heavy atom. The minimum absolute atomic E-state index is 0.171. The fourth-order valence-electron chi connectivity index (χ4n) is 3.87. The van der Waals surface area contributed by atoms with Crippen LogP contribution in [0.4, 0.5) is 13.2 Å². The molecule has 1 unspecified atom stereocenters. The van der Waals surface area contributed by atoms with Gasteiger partial charge in [-0.25, -0.2) is 4.68 Å². The fourth-order valence-corrected chi connectivity index (χ4v) is 3.87. The van der Waals surface area contributed by atoms with Crippen molar-refractivity contribution >= 4 is 5.91 Å². The van der Waals surface area contributed by atoms with Crippen LogP contribution in [0, 0.1) is 0 Å². The molecule has 3 aromatic rings. The first kappa shape index (κ1) is 27.4. The maximum atomic E-state index is 12.8. The first-order valence-corrected chi connectivity index (χ1v) is 12.4. The number of hydrogen-bond acceptors (Lipinski definition) is 7. The number of hydrogen-bond donors (Lipinski definition) is 2. The molecule has 9 nitrogen and oxygen atoms in total. The number of halogens is 3. The molecular formula is C26H30F3N5O4. The lowest BCUT2D eigenvalue weighted by atomic mass is 10.1. The molecule has 1 aliphatic rings. The van der Waals surface area contributed by atoms with Crippen molar-refractivity contribution in [3.63, 3.8) is 0 Å². The van der Waals surface area contributed by atoms with Crippen LogP contribution < -0.4 is 20.1 Å². The van der Waals surface area contributed by atoms with Gasteiger partial charge in [0.1, 0.15) is 17.7 Å². The minimum Gasteiger partial charge on any atom is -0.494 e. The van der Waals surface area contributed by atoms with Crippen molar-refractivity contribution in [3.05, 3.63) is 65.5 Å². The summed E-state index contributed by atoms with van der Waals surface area (Å²) in [4.78, 5) is 12.8. The van der Waals surface area contributed by atoms with Crippen LogP contribution in [0.1, 0.15) is 54.2 Å². The third-order valence-corrected chi connectivity index (χ3v) is 5.84. The van der Waals surface area contributed by atoms with E-state index in [0.717, 1.165) is 30.6 Å². The Morgan fingerprint density at radius 1 is 1.11 bits per heavy atom. The van der Waals surface area contributed by atoms with Gasteiger partial charge in [-0.3, -0.25) is 10.1 Å². The van der Waals surface area contributed by atoms with E-state index in [2.05, 4.69) is 25.7 Å². The minimum atomic E-state index is -4.75. The van der Waals surface area contributed by atoms with Gasteiger partial charge in [0.05, 0.1) is 18.0 Å². The number of carbonyl (C=O) groups is 1. The number of methoxy groups -OCH3 is 1. The zero-order valence-corrected chi connectivity index (χ0v) is 21.1. The molecule has 4 rings (SSSR count). The SMILES string of the molecule is CCNC(OC)c1ccc(-n2nnc(C(=O)NC3CC3)c2CCCOc2ccc(OC(F)(F)F)cc2)cc1. The summed E-state index contributed by atoms with van der Waals surface area (Å²) in [6.45, 7) is 3.02. The van der Waals surface area contributed by atoms with Gasteiger partial charge in [-0.05, 0) is 74.2 Å². The van der Waals surface area contributed by atoms with E-state index in [-0.39, 0.29) is 36.2 Å². The third kappa shape index (κ3) is 7.45. The monoisotopic (exact) mass is 533 g/mol. The molecule has 0 spiro atoms. The number of aromatic nitrogens is 3. The number of carbonyl (C=O) groups excluding carboxylic acids is 1. The van der Waals surface area contributed by atoms with E-state index < -0.39 is 6.36 Å². The van der Waals surface area contributed by atoms with E-state index in [4.69, 9.17) is 9.47 Å². The highest BCUT2D eigenvalue weighted by molar-refractivity contribution is 5.93. The van der Waals surface area contributed by atoms with Gasteiger partial charge in [-0.2, -0.15) is 0 Å². The summed E-state index contributed by atoms with van der Waals surface area (Å²) in [6, 6.07) is 13.0. The van der Waals surface area contributed by atoms with Crippen molar-refractivity contribution in [2.45, 2.75) is 51.2 Å². The van der Waals surface area contributed by atoms with Crippen LogP contribution in [0.2, 0.25) is 0 Å². The highest BCUT2D eigenvalue weighted by Gasteiger charge is 2.31. The number of amides is 1. The summed E-state index contributed by atoms with van der Waals surface area (Å²) in [6.07, 6.45) is -2.14. The molecule has 1 fully saturated rings. The average Bonchev–Trinajstić information content (AvgIpc) is 3.60. The molecule has 2 aromatic carbocycles. The van der Waals surface area contributed by atoms with Crippen molar-refractivity contribution in [3.8, 4) is 17.2 Å². The molecular weight excluding hydrogens is 503 g/mol. The standard InChI is InChI=1S/C26H30F3N5O4/c1-3-30-25(36-2)17-6-10-19(11-7-17)34-22(23(32-33-34)24(35)31-18-8-9-18)5-4-16-37-20-12-14-21(15-13-20)38-26(27,28)29/h6-7,10-15,18,25,30H,3-5,8-9,16H2,1-2H3,(H,31,35). The highest BCUT2D eigenvalue weighted by atomic mass is 19.4. The van der Waals surface area contributed by atoms with E-state index in [0.29, 0.717) is 24.3 Å². The predicted octanol–water partition coefficient (Wildman–Crippen LogP) is 4.32. The zero-order valence-electron chi connectivity index (χ0n) is 21.1. The van der Waals surface area contributed by atoms with Crippen molar-refractivity contribution in [2.75, 3.05) is 20.3 Å². The quantitative estimate of drug-likeness (QED) is 0.249. The Morgan fingerprint density at radius 3 is 2.39 bits per heavy atom. The summed E-state index contributed by atoms with van der Waals surface area (Å²) in [5.74, 6) is -0.181. The zero-order chi connectivity index (χ0) is 27.1. The van der Waals surface area contributed by atoms with Crippen LogP contribution in [0.5, 0.6) is 11.5 Å². The number of rotatable bonds is 13. The topological polar surface area (TPSA) is 99.5 Å². The van der Waals surface area contributed by atoms with E-state index in [9.17, 15) is 18.0 Å². The number of benzene rings is 2.